The fraction of sp³-hybridized carbons (Fsp3) is 1.00. The molecule has 0 spiro atoms. The normalized spacial score (nSPS) is 9.14. The molecule has 0 unspecified atom stereocenters. The van der Waals surface area contributed by atoms with Crippen molar-refractivity contribution in [2.75, 3.05) is 6.26 Å². The van der Waals surface area contributed by atoms with Crippen LogP contribution >= 0.6 is 0 Å². The van der Waals surface area contributed by atoms with Crippen LogP contribution in [0.3, 0.4) is 0 Å². The molecule has 5 heteroatoms. The molecule has 0 heterocycles. The van der Waals surface area contributed by atoms with Crippen molar-refractivity contribution in [1.29, 1.82) is 0 Å². The molecule has 7 heavy (non-hydrogen) atoms. The minimum atomic E-state index is -3.67. The van der Waals surface area contributed by atoms with Crippen LogP contribution in [0.4, 0.5) is 0 Å². The molecule has 0 aliphatic rings. The topological polar surface area (TPSA) is 54.4 Å². The molecule has 0 aromatic carbocycles. The van der Waals surface area contributed by atoms with E-state index in [1.165, 1.54) is 0 Å². The van der Waals surface area contributed by atoms with E-state index in [1.807, 2.05) is 26.8 Å². The summed E-state index contributed by atoms with van der Waals surface area (Å²) >= 11 is 1.86. The van der Waals surface area contributed by atoms with Crippen molar-refractivity contribution >= 4 is 31.8 Å². The van der Waals surface area contributed by atoms with E-state index in [1.54, 1.807) is 0 Å². The molecule has 0 aliphatic carbocycles. The summed E-state index contributed by atoms with van der Waals surface area (Å²) < 4.78 is 25.9. The smallest absolute Gasteiger partial charge is 0.286 e. The Balaban J connectivity index is 0. The van der Waals surface area contributed by atoms with Crippen molar-refractivity contribution in [1.82, 2.24) is 0 Å². The van der Waals surface area contributed by atoms with Gasteiger partial charge in [0.1, 0.15) is 0 Å². The van der Waals surface area contributed by atoms with E-state index in [0.717, 1.165) is 0 Å². The summed E-state index contributed by atoms with van der Waals surface area (Å²) in [6, 6.07) is 0. The molecule has 0 aliphatic heterocycles. The summed E-state index contributed by atoms with van der Waals surface area (Å²) in [5.41, 5.74) is 0. The Morgan fingerprint density at radius 1 is 1.43 bits per heavy atom. The Hall–Kier alpha value is 0.676. The zero-order valence-electron chi connectivity index (χ0n) is 4.38. The van der Waals surface area contributed by atoms with Crippen LogP contribution in [0.15, 0.2) is 0 Å². The van der Waals surface area contributed by atoms with E-state index in [-0.39, 0.29) is 0 Å². The fourth-order valence-electron chi connectivity index (χ4n) is 0. The molecular formula is C2H7MgO3S+2. The number of hydrogen-bond donors (Lipinski definition) is 1. The summed E-state index contributed by atoms with van der Waals surface area (Å²) in [5, 5.41) is 2.03. The quantitative estimate of drug-likeness (QED) is 0.367. The van der Waals surface area contributed by atoms with E-state index in [4.69, 9.17) is 4.55 Å². The van der Waals surface area contributed by atoms with Crippen LogP contribution in [0.2, 0.25) is 5.05 Å². The summed E-state index contributed by atoms with van der Waals surface area (Å²) in [6.45, 7) is 0. The average Bonchev–Trinajstić information content (AvgIpc) is 1.36. The van der Waals surface area contributed by atoms with Gasteiger partial charge in [0.25, 0.3) is 15.2 Å². The van der Waals surface area contributed by atoms with Crippen LogP contribution in [0.5, 0.6) is 0 Å². The first kappa shape index (κ1) is 10.6. The molecule has 0 aromatic heterocycles. The van der Waals surface area contributed by atoms with Crippen molar-refractivity contribution in [2.24, 2.45) is 0 Å². The molecule has 7 radical (unpaired) electrons. The van der Waals surface area contributed by atoms with E-state index in [9.17, 15) is 8.42 Å². The van der Waals surface area contributed by atoms with E-state index in [0.29, 0.717) is 6.26 Å². The molecule has 0 amide bonds. The molecule has 0 rings (SSSR count). The van der Waals surface area contributed by atoms with Gasteiger partial charge in [0.05, 0.1) is 6.26 Å². The first-order chi connectivity index (χ1) is 3.00. The highest BCUT2D eigenvalue weighted by Gasteiger charge is 1.99. The summed E-state index contributed by atoms with van der Waals surface area (Å²) in [4.78, 5) is 0. The fourth-order valence-corrected chi connectivity index (χ4v) is 0. The lowest BCUT2D eigenvalue weighted by atomic mass is 11.9. The molecule has 0 saturated carbocycles. The van der Waals surface area contributed by atoms with Gasteiger partial charge in [0.15, 0.2) is 0 Å². The van der Waals surface area contributed by atoms with E-state index >= 15 is 0 Å². The van der Waals surface area contributed by atoms with Gasteiger partial charge in [-0.1, -0.05) is 0 Å². The van der Waals surface area contributed by atoms with Gasteiger partial charge in [-0.05, 0) is 0 Å². The van der Waals surface area contributed by atoms with Crippen LogP contribution < -0.4 is 0 Å². The van der Waals surface area contributed by atoms with Crippen molar-refractivity contribution < 1.29 is 13.0 Å². The first-order valence-corrected chi connectivity index (χ1v) is 4.89. The Morgan fingerprint density at radius 3 is 1.43 bits per heavy atom. The molecule has 0 bridgehead atoms. The predicted octanol–water partition coefficient (Wildman–Crippen LogP) is -0.293. The lowest BCUT2D eigenvalue weighted by molar-refractivity contribution is 0.490. The molecule has 0 aromatic rings. The Morgan fingerprint density at radius 2 is 1.43 bits per heavy atom. The highest BCUT2D eigenvalue weighted by molar-refractivity contribution is 7.85. The predicted molar refractivity (Wildman–Crippen MR) is 29.1 cm³/mol. The minimum Gasteiger partial charge on any atom is -0.286 e. The Kier molecular flexibility index (Phi) is 7.32. The maximum atomic E-state index is 9.19. The second kappa shape index (κ2) is 4.83. The molecular weight excluding hydrogens is 128 g/mol. The maximum absolute atomic E-state index is 9.19. The van der Waals surface area contributed by atoms with Crippen LogP contribution in [0, 0.1) is 0 Å². The lowest BCUT2D eigenvalue weighted by Gasteiger charge is -1.69. The zero-order valence-corrected chi connectivity index (χ0v) is 6.61. The van der Waals surface area contributed by atoms with Gasteiger partial charge in [-0.3, -0.25) is 4.55 Å². The van der Waals surface area contributed by atoms with Crippen LogP contribution in [-0.4, -0.2) is 40.9 Å². The van der Waals surface area contributed by atoms with E-state index in [2.05, 4.69) is 0 Å². The minimum absolute atomic E-state index is 0.715. The second-order valence-corrected chi connectivity index (χ2v) is 2.20. The van der Waals surface area contributed by atoms with Gasteiger partial charge in [0.2, 0.25) is 0 Å². The number of hydrogen-bond acceptors (Lipinski definition) is 2. The molecule has 0 saturated heterocycles. The molecule has 0 atom stereocenters. The van der Waals surface area contributed by atoms with Gasteiger partial charge in [-0.2, -0.15) is 8.42 Å². The van der Waals surface area contributed by atoms with Crippen molar-refractivity contribution in [3.8, 4) is 0 Å². The van der Waals surface area contributed by atoms with Crippen LogP contribution in [0.25, 0.3) is 0 Å². The van der Waals surface area contributed by atoms with E-state index < -0.39 is 10.1 Å². The Bertz CT molecular complexity index is 96.1. The van der Waals surface area contributed by atoms with Gasteiger partial charge < -0.3 is 0 Å². The molecule has 3 nitrogen and oxygen atoms in total. The third-order valence-corrected chi connectivity index (χ3v) is 0. The van der Waals surface area contributed by atoms with Crippen molar-refractivity contribution in [3.05, 3.63) is 0 Å². The number of rotatable bonds is 0. The standard InChI is InChI=1S/CH4O3S.CH3.Mg/c1-5(2,3)4;;/h1H3,(H,2,3,4);1H3;/q;;+2. The van der Waals surface area contributed by atoms with Crippen molar-refractivity contribution in [3.63, 3.8) is 0 Å². The highest BCUT2D eigenvalue weighted by atomic mass is 32.2. The maximum Gasteiger partial charge on any atom is 1.41 e. The lowest BCUT2D eigenvalue weighted by Crippen LogP contribution is -1.88. The zero-order chi connectivity index (χ0) is 6.50. The second-order valence-electron chi connectivity index (χ2n) is 0.733. The summed E-state index contributed by atoms with van der Waals surface area (Å²) in [6.07, 6.45) is 0.715. The molecule has 39 valence electrons. The van der Waals surface area contributed by atoms with Gasteiger partial charge in [-0.25, -0.2) is 0 Å². The SMILES string of the molecule is CS(=O)(=O)O.[CH3][Mg+2]. The monoisotopic (exact) mass is 135 g/mol. The average molecular weight is 135 g/mol. The van der Waals surface area contributed by atoms with Gasteiger partial charge >= 0.3 is 21.7 Å². The van der Waals surface area contributed by atoms with Crippen LogP contribution in [0.1, 0.15) is 0 Å². The van der Waals surface area contributed by atoms with Crippen LogP contribution in [-0.2, 0) is 10.1 Å². The van der Waals surface area contributed by atoms with Gasteiger partial charge in [-0.15, -0.1) is 0 Å². The first-order valence-electron chi connectivity index (χ1n) is 1.63. The third kappa shape index (κ3) is 319. The molecule has 0 fully saturated rings. The molecule has 1 N–H and O–H groups in total. The van der Waals surface area contributed by atoms with Crippen molar-refractivity contribution in [2.45, 2.75) is 5.05 Å². The summed E-state index contributed by atoms with van der Waals surface area (Å²) in [7, 11) is -3.67. The Labute approximate surface area is 56.3 Å². The largest absolute Gasteiger partial charge is 1.41 e. The third-order valence-electron chi connectivity index (χ3n) is 0. The highest BCUT2D eigenvalue weighted by Crippen LogP contribution is 1.60. The van der Waals surface area contributed by atoms with Gasteiger partial charge in [0, 0.05) is 0 Å². The summed E-state index contributed by atoms with van der Waals surface area (Å²) in [5.74, 6) is 0.